The van der Waals surface area contributed by atoms with Crippen LogP contribution in [0.4, 0.5) is 11.6 Å². The first-order valence-electron chi connectivity index (χ1n) is 6.92. The second-order valence-corrected chi connectivity index (χ2v) is 5.48. The summed E-state index contributed by atoms with van der Waals surface area (Å²) in [5, 5.41) is 6.80. The van der Waals surface area contributed by atoms with E-state index in [4.69, 9.17) is 0 Å². The molecule has 1 unspecified atom stereocenters. The van der Waals surface area contributed by atoms with Crippen molar-refractivity contribution in [1.29, 1.82) is 0 Å². The third-order valence-corrected chi connectivity index (χ3v) is 3.12. The molecule has 1 heterocycles. The number of rotatable bonds is 7. The van der Waals surface area contributed by atoms with Gasteiger partial charge in [0.25, 0.3) is 0 Å². The van der Waals surface area contributed by atoms with E-state index in [1.54, 1.807) is 6.33 Å². The maximum atomic E-state index is 4.37. The fourth-order valence-corrected chi connectivity index (χ4v) is 1.93. The molecular formula is C14H27N5. The van der Waals surface area contributed by atoms with Gasteiger partial charge in [-0.15, -0.1) is 0 Å². The topological polar surface area (TPSA) is 53.1 Å². The van der Waals surface area contributed by atoms with E-state index >= 15 is 0 Å². The number of aromatic nitrogens is 2. The van der Waals surface area contributed by atoms with Gasteiger partial charge in [0.2, 0.25) is 0 Å². The Bertz CT molecular complexity index is 389. The normalized spacial score (nSPS) is 12.8. The maximum absolute atomic E-state index is 4.37. The van der Waals surface area contributed by atoms with E-state index in [-0.39, 0.29) is 0 Å². The summed E-state index contributed by atoms with van der Waals surface area (Å²) in [4.78, 5) is 10.8. The van der Waals surface area contributed by atoms with Crippen molar-refractivity contribution in [3.63, 3.8) is 0 Å². The number of anilines is 2. The summed E-state index contributed by atoms with van der Waals surface area (Å²) in [6, 6.07) is 0.373. The molecule has 5 nitrogen and oxygen atoms in total. The first kappa shape index (κ1) is 15.7. The molecule has 0 aliphatic rings. The fourth-order valence-electron chi connectivity index (χ4n) is 1.93. The molecule has 1 rings (SSSR count). The Hall–Kier alpha value is -1.36. The van der Waals surface area contributed by atoms with E-state index in [0.29, 0.717) is 12.0 Å². The molecule has 0 aliphatic carbocycles. The van der Waals surface area contributed by atoms with E-state index in [0.717, 1.165) is 30.3 Å². The highest BCUT2D eigenvalue weighted by molar-refractivity contribution is 5.56. The summed E-state index contributed by atoms with van der Waals surface area (Å²) in [5.74, 6) is 2.37. The van der Waals surface area contributed by atoms with Crippen LogP contribution >= 0.6 is 0 Å². The van der Waals surface area contributed by atoms with Crippen LogP contribution in [0.3, 0.4) is 0 Å². The molecule has 19 heavy (non-hydrogen) atoms. The first-order chi connectivity index (χ1) is 8.95. The molecule has 0 fully saturated rings. The SMILES string of the molecule is CCNc1ncnc(NC(CN(C)C)C(C)C)c1C. The predicted octanol–water partition coefficient (Wildman–Crippen LogP) is 2.21. The summed E-state index contributed by atoms with van der Waals surface area (Å²) in [6.45, 7) is 10.4. The molecule has 0 radical (unpaired) electrons. The van der Waals surface area contributed by atoms with E-state index in [1.807, 2.05) is 6.92 Å². The maximum Gasteiger partial charge on any atom is 0.134 e. The van der Waals surface area contributed by atoms with Crippen molar-refractivity contribution < 1.29 is 0 Å². The Kier molecular flexibility index (Phi) is 6.02. The van der Waals surface area contributed by atoms with E-state index in [1.165, 1.54) is 0 Å². The van der Waals surface area contributed by atoms with Crippen molar-refractivity contribution in [1.82, 2.24) is 14.9 Å². The van der Waals surface area contributed by atoms with Crippen LogP contribution in [0.1, 0.15) is 26.3 Å². The lowest BCUT2D eigenvalue weighted by Crippen LogP contribution is -2.37. The number of likely N-dealkylation sites (N-methyl/N-ethyl adjacent to an activating group) is 1. The molecule has 0 aromatic carbocycles. The van der Waals surface area contributed by atoms with Gasteiger partial charge in [-0.2, -0.15) is 0 Å². The fraction of sp³-hybridized carbons (Fsp3) is 0.714. The van der Waals surface area contributed by atoms with Crippen LogP contribution in [0.15, 0.2) is 6.33 Å². The molecule has 108 valence electrons. The minimum Gasteiger partial charge on any atom is -0.370 e. The van der Waals surface area contributed by atoms with Gasteiger partial charge in [0.05, 0.1) is 0 Å². The zero-order valence-corrected chi connectivity index (χ0v) is 13.0. The lowest BCUT2D eigenvalue weighted by Gasteiger charge is -2.27. The van der Waals surface area contributed by atoms with Crippen LogP contribution in [-0.4, -0.2) is 48.1 Å². The molecule has 0 saturated carbocycles. The van der Waals surface area contributed by atoms with Crippen LogP contribution in [0.5, 0.6) is 0 Å². The predicted molar refractivity (Wildman–Crippen MR) is 81.7 cm³/mol. The van der Waals surface area contributed by atoms with Gasteiger partial charge in [-0.25, -0.2) is 9.97 Å². The third kappa shape index (κ3) is 4.67. The molecule has 1 atom stereocenters. The van der Waals surface area contributed by atoms with Gasteiger partial charge in [0.1, 0.15) is 18.0 Å². The molecule has 0 spiro atoms. The zero-order chi connectivity index (χ0) is 14.4. The molecule has 0 bridgehead atoms. The smallest absolute Gasteiger partial charge is 0.134 e. The van der Waals surface area contributed by atoms with Crippen molar-refractivity contribution in [2.45, 2.75) is 33.7 Å². The lowest BCUT2D eigenvalue weighted by atomic mass is 10.0. The standard InChI is InChI=1S/C14H27N5/c1-7-15-13-11(4)14(17-9-16-13)18-12(10(2)3)8-19(5)6/h9-10,12H,7-8H2,1-6H3,(H2,15,16,17,18). The zero-order valence-electron chi connectivity index (χ0n) is 13.0. The lowest BCUT2D eigenvalue weighted by molar-refractivity contribution is 0.344. The third-order valence-electron chi connectivity index (χ3n) is 3.12. The second kappa shape index (κ2) is 7.28. The Labute approximate surface area is 116 Å². The van der Waals surface area contributed by atoms with Crippen molar-refractivity contribution >= 4 is 11.6 Å². The second-order valence-electron chi connectivity index (χ2n) is 5.48. The van der Waals surface area contributed by atoms with Gasteiger partial charge < -0.3 is 15.5 Å². The quantitative estimate of drug-likeness (QED) is 0.791. The Morgan fingerprint density at radius 2 is 1.84 bits per heavy atom. The number of hydrogen-bond donors (Lipinski definition) is 2. The van der Waals surface area contributed by atoms with E-state index in [9.17, 15) is 0 Å². The summed E-state index contributed by atoms with van der Waals surface area (Å²) >= 11 is 0. The molecule has 1 aromatic rings. The highest BCUT2D eigenvalue weighted by Crippen LogP contribution is 2.20. The van der Waals surface area contributed by atoms with Crippen LogP contribution < -0.4 is 10.6 Å². The summed E-state index contributed by atoms with van der Waals surface area (Å²) in [5.41, 5.74) is 1.08. The number of nitrogens with one attached hydrogen (secondary N) is 2. The Morgan fingerprint density at radius 1 is 1.21 bits per heavy atom. The molecule has 5 heteroatoms. The van der Waals surface area contributed by atoms with Crippen LogP contribution in [0, 0.1) is 12.8 Å². The van der Waals surface area contributed by atoms with Gasteiger partial charge in [-0.1, -0.05) is 13.8 Å². The Morgan fingerprint density at radius 3 is 2.37 bits per heavy atom. The Balaban J connectivity index is 2.87. The number of nitrogens with zero attached hydrogens (tertiary/aromatic N) is 3. The molecule has 1 aromatic heterocycles. The van der Waals surface area contributed by atoms with Gasteiger partial charge in [0.15, 0.2) is 0 Å². The first-order valence-corrected chi connectivity index (χ1v) is 6.92. The molecule has 0 aliphatic heterocycles. The highest BCUT2D eigenvalue weighted by atomic mass is 15.1. The van der Waals surface area contributed by atoms with Crippen LogP contribution in [-0.2, 0) is 0 Å². The largest absolute Gasteiger partial charge is 0.370 e. The highest BCUT2D eigenvalue weighted by Gasteiger charge is 2.16. The van der Waals surface area contributed by atoms with Gasteiger partial charge in [0, 0.05) is 24.7 Å². The van der Waals surface area contributed by atoms with Crippen LogP contribution in [0.25, 0.3) is 0 Å². The van der Waals surface area contributed by atoms with Crippen LogP contribution in [0.2, 0.25) is 0 Å². The van der Waals surface area contributed by atoms with Crippen molar-refractivity contribution in [3.8, 4) is 0 Å². The summed E-state index contributed by atoms with van der Waals surface area (Å²) in [6.07, 6.45) is 1.61. The molecular weight excluding hydrogens is 238 g/mol. The average Bonchev–Trinajstić information content (AvgIpc) is 2.32. The van der Waals surface area contributed by atoms with Gasteiger partial charge >= 0.3 is 0 Å². The minimum absolute atomic E-state index is 0.373. The monoisotopic (exact) mass is 265 g/mol. The summed E-state index contributed by atoms with van der Waals surface area (Å²) < 4.78 is 0. The van der Waals surface area contributed by atoms with E-state index < -0.39 is 0 Å². The summed E-state index contributed by atoms with van der Waals surface area (Å²) in [7, 11) is 4.18. The molecule has 0 saturated heterocycles. The van der Waals surface area contributed by atoms with Crippen molar-refractivity contribution in [3.05, 3.63) is 11.9 Å². The van der Waals surface area contributed by atoms with Gasteiger partial charge in [-0.05, 0) is 33.9 Å². The number of hydrogen-bond acceptors (Lipinski definition) is 5. The molecule has 0 amide bonds. The van der Waals surface area contributed by atoms with Crippen molar-refractivity contribution in [2.75, 3.05) is 37.8 Å². The van der Waals surface area contributed by atoms with E-state index in [2.05, 4.69) is 60.4 Å². The molecule has 2 N–H and O–H groups in total. The average molecular weight is 265 g/mol. The van der Waals surface area contributed by atoms with Gasteiger partial charge in [-0.3, -0.25) is 0 Å². The minimum atomic E-state index is 0.373. The van der Waals surface area contributed by atoms with Crippen molar-refractivity contribution in [2.24, 2.45) is 5.92 Å².